The van der Waals surface area contributed by atoms with Crippen molar-refractivity contribution in [3.63, 3.8) is 0 Å². The van der Waals surface area contributed by atoms with Crippen LogP contribution in [0.1, 0.15) is 18.9 Å². The van der Waals surface area contributed by atoms with Crippen molar-refractivity contribution >= 4 is 25.6 Å². The molecule has 1 amide bonds. The Morgan fingerprint density at radius 3 is 2.35 bits per heavy atom. The maximum absolute atomic E-state index is 11.0. The molecule has 1 rings (SSSR count). The van der Waals surface area contributed by atoms with Gasteiger partial charge in [0.2, 0.25) is 5.91 Å². The molecule has 0 spiro atoms. The van der Waals surface area contributed by atoms with E-state index in [1.807, 2.05) is 0 Å². The molecule has 0 atom stereocenters. The van der Waals surface area contributed by atoms with Crippen LogP contribution in [0.25, 0.3) is 0 Å². The predicted octanol–water partition coefficient (Wildman–Crippen LogP) is 1.68. The molecule has 17 heavy (non-hydrogen) atoms. The summed E-state index contributed by atoms with van der Waals surface area (Å²) in [5.41, 5.74) is 0.950. The topological polar surface area (TPSA) is 63.2 Å². The lowest BCUT2D eigenvalue weighted by atomic mass is 10.1. The molecular weight excluding hydrogens is 262 g/mol. The van der Waals surface area contributed by atoms with E-state index in [1.165, 1.54) is 12.1 Å². The minimum atomic E-state index is -3.65. The van der Waals surface area contributed by atoms with Crippen molar-refractivity contribution in [2.24, 2.45) is 0 Å². The summed E-state index contributed by atoms with van der Waals surface area (Å²) in [6.45, 7) is 2.33. The van der Waals surface area contributed by atoms with Gasteiger partial charge in [0, 0.05) is 23.6 Å². The van der Waals surface area contributed by atoms with E-state index < -0.39 is 9.05 Å². The monoisotopic (exact) mass is 275 g/mol. The highest BCUT2D eigenvalue weighted by molar-refractivity contribution is 8.13. The SMILES string of the molecule is CCC(=O)NCCc1ccc(S(=O)(=O)Cl)cc1. The number of hydrogen-bond donors (Lipinski definition) is 1. The molecule has 0 radical (unpaired) electrons. The van der Waals surface area contributed by atoms with E-state index in [0.29, 0.717) is 19.4 Å². The second-order valence-electron chi connectivity index (χ2n) is 3.54. The Morgan fingerprint density at radius 2 is 1.88 bits per heavy atom. The van der Waals surface area contributed by atoms with Crippen molar-refractivity contribution < 1.29 is 13.2 Å². The van der Waals surface area contributed by atoms with E-state index in [4.69, 9.17) is 10.7 Å². The van der Waals surface area contributed by atoms with Crippen LogP contribution in [0.4, 0.5) is 0 Å². The largest absolute Gasteiger partial charge is 0.356 e. The molecule has 0 aliphatic carbocycles. The Balaban J connectivity index is 2.55. The molecule has 0 aromatic heterocycles. The van der Waals surface area contributed by atoms with Gasteiger partial charge in [-0.05, 0) is 24.1 Å². The minimum absolute atomic E-state index is 0.00459. The summed E-state index contributed by atoms with van der Waals surface area (Å²) in [5.74, 6) is 0.00459. The zero-order valence-corrected chi connectivity index (χ0v) is 11.0. The van der Waals surface area contributed by atoms with Crippen LogP contribution in [-0.4, -0.2) is 20.9 Å². The average molecular weight is 276 g/mol. The van der Waals surface area contributed by atoms with Crippen LogP contribution < -0.4 is 5.32 Å². The Kier molecular flexibility index (Phi) is 4.96. The Morgan fingerprint density at radius 1 is 1.29 bits per heavy atom. The van der Waals surface area contributed by atoms with Crippen LogP contribution in [0.3, 0.4) is 0 Å². The summed E-state index contributed by atoms with van der Waals surface area (Å²) >= 11 is 0. The second-order valence-corrected chi connectivity index (χ2v) is 6.10. The lowest BCUT2D eigenvalue weighted by molar-refractivity contribution is -0.120. The van der Waals surface area contributed by atoms with Gasteiger partial charge in [0.05, 0.1) is 4.90 Å². The third-order valence-electron chi connectivity index (χ3n) is 2.26. The molecule has 0 saturated heterocycles. The third-order valence-corrected chi connectivity index (χ3v) is 3.63. The fourth-order valence-electron chi connectivity index (χ4n) is 1.29. The third kappa shape index (κ3) is 4.75. The molecule has 0 aliphatic rings. The quantitative estimate of drug-likeness (QED) is 0.832. The van der Waals surface area contributed by atoms with Crippen molar-refractivity contribution in [2.45, 2.75) is 24.7 Å². The van der Waals surface area contributed by atoms with Crippen LogP contribution in [0.2, 0.25) is 0 Å². The zero-order chi connectivity index (χ0) is 12.9. The molecule has 94 valence electrons. The number of carbonyl (C=O) groups excluding carboxylic acids is 1. The molecule has 0 saturated carbocycles. The standard InChI is InChI=1S/C11H14ClNO3S/c1-2-11(14)13-8-7-9-3-5-10(6-4-9)17(12,15)16/h3-6H,2,7-8H2,1H3,(H,13,14). The summed E-state index contributed by atoms with van der Waals surface area (Å²) < 4.78 is 22.0. The van der Waals surface area contributed by atoms with Gasteiger partial charge in [-0.25, -0.2) is 8.42 Å². The molecule has 0 heterocycles. The molecule has 0 bridgehead atoms. The van der Waals surface area contributed by atoms with Crippen LogP contribution in [0.15, 0.2) is 29.2 Å². The van der Waals surface area contributed by atoms with Crippen molar-refractivity contribution in [1.29, 1.82) is 0 Å². The van der Waals surface area contributed by atoms with Gasteiger partial charge >= 0.3 is 0 Å². The fourth-order valence-corrected chi connectivity index (χ4v) is 2.06. The highest BCUT2D eigenvalue weighted by Gasteiger charge is 2.08. The summed E-state index contributed by atoms with van der Waals surface area (Å²) in [6, 6.07) is 6.29. The van der Waals surface area contributed by atoms with Crippen LogP contribution >= 0.6 is 10.7 Å². The fraction of sp³-hybridized carbons (Fsp3) is 0.364. The van der Waals surface area contributed by atoms with E-state index in [0.717, 1.165) is 5.56 Å². The summed E-state index contributed by atoms with van der Waals surface area (Å²) in [4.78, 5) is 11.1. The van der Waals surface area contributed by atoms with Gasteiger partial charge in [-0.1, -0.05) is 19.1 Å². The van der Waals surface area contributed by atoms with Crippen LogP contribution in [-0.2, 0) is 20.3 Å². The maximum atomic E-state index is 11.0. The van der Waals surface area contributed by atoms with E-state index in [1.54, 1.807) is 19.1 Å². The normalized spacial score (nSPS) is 11.2. The first kappa shape index (κ1) is 14.0. The first-order chi connectivity index (χ1) is 7.93. The summed E-state index contributed by atoms with van der Waals surface area (Å²) in [7, 11) is 1.54. The lowest BCUT2D eigenvalue weighted by Crippen LogP contribution is -2.24. The van der Waals surface area contributed by atoms with Crippen molar-refractivity contribution in [1.82, 2.24) is 5.32 Å². The minimum Gasteiger partial charge on any atom is -0.356 e. The number of carbonyl (C=O) groups is 1. The van der Waals surface area contributed by atoms with Crippen molar-refractivity contribution in [2.75, 3.05) is 6.54 Å². The van der Waals surface area contributed by atoms with E-state index in [9.17, 15) is 13.2 Å². The molecule has 4 nitrogen and oxygen atoms in total. The number of benzene rings is 1. The van der Waals surface area contributed by atoms with Gasteiger partial charge in [0.1, 0.15) is 0 Å². The highest BCUT2D eigenvalue weighted by Crippen LogP contribution is 2.15. The zero-order valence-electron chi connectivity index (χ0n) is 9.44. The number of hydrogen-bond acceptors (Lipinski definition) is 3. The summed E-state index contributed by atoms with van der Waals surface area (Å²) in [5, 5.41) is 2.74. The van der Waals surface area contributed by atoms with Gasteiger partial charge in [0.25, 0.3) is 9.05 Å². The second kappa shape index (κ2) is 6.02. The molecule has 0 fully saturated rings. The lowest BCUT2D eigenvalue weighted by Gasteiger charge is -2.04. The van der Waals surface area contributed by atoms with Gasteiger partial charge in [-0.2, -0.15) is 0 Å². The molecular formula is C11H14ClNO3S. The summed E-state index contributed by atoms with van der Waals surface area (Å²) in [6.07, 6.45) is 1.12. The van der Waals surface area contributed by atoms with Crippen LogP contribution in [0, 0.1) is 0 Å². The number of halogens is 1. The van der Waals surface area contributed by atoms with Crippen LogP contribution in [0.5, 0.6) is 0 Å². The molecule has 0 aliphatic heterocycles. The Labute approximate surface area is 105 Å². The van der Waals surface area contributed by atoms with E-state index in [2.05, 4.69) is 5.32 Å². The Bertz CT molecular complexity index is 482. The first-order valence-corrected chi connectivity index (χ1v) is 7.54. The van der Waals surface area contributed by atoms with Crippen molar-refractivity contribution in [3.05, 3.63) is 29.8 Å². The molecule has 0 unspecified atom stereocenters. The smallest absolute Gasteiger partial charge is 0.261 e. The number of amides is 1. The number of nitrogens with one attached hydrogen (secondary N) is 1. The molecule has 1 N–H and O–H groups in total. The predicted molar refractivity (Wildman–Crippen MR) is 66.5 cm³/mol. The van der Waals surface area contributed by atoms with E-state index in [-0.39, 0.29) is 10.8 Å². The van der Waals surface area contributed by atoms with Gasteiger partial charge in [-0.15, -0.1) is 0 Å². The highest BCUT2D eigenvalue weighted by atomic mass is 35.7. The average Bonchev–Trinajstić information content (AvgIpc) is 2.28. The molecule has 1 aromatic rings. The maximum Gasteiger partial charge on any atom is 0.261 e. The van der Waals surface area contributed by atoms with Gasteiger partial charge in [0.15, 0.2) is 0 Å². The molecule has 6 heteroatoms. The van der Waals surface area contributed by atoms with Crippen molar-refractivity contribution in [3.8, 4) is 0 Å². The van der Waals surface area contributed by atoms with E-state index >= 15 is 0 Å². The van der Waals surface area contributed by atoms with Gasteiger partial charge in [-0.3, -0.25) is 4.79 Å². The Hall–Kier alpha value is -1.07. The first-order valence-electron chi connectivity index (χ1n) is 5.24. The number of rotatable bonds is 5. The molecule has 1 aromatic carbocycles. The van der Waals surface area contributed by atoms with Gasteiger partial charge < -0.3 is 5.32 Å².